The summed E-state index contributed by atoms with van der Waals surface area (Å²) in [6.45, 7) is 0. The lowest BCUT2D eigenvalue weighted by molar-refractivity contribution is -0.137. The maximum Gasteiger partial charge on any atom is 0.417 e. The number of anilines is 1. The first kappa shape index (κ1) is 14.2. The molecule has 0 unspecified atom stereocenters. The van der Waals surface area contributed by atoms with Gasteiger partial charge in [0.1, 0.15) is 5.69 Å². The molecule has 9 heteroatoms. The zero-order valence-corrected chi connectivity index (χ0v) is 10.4. The molecule has 20 heavy (non-hydrogen) atoms. The Morgan fingerprint density at radius 1 is 1.20 bits per heavy atom. The van der Waals surface area contributed by atoms with Crippen LogP contribution in [0.25, 0.3) is 0 Å². The van der Waals surface area contributed by atoms with Crippen molar-refractivity contribution in [2.24, 2.45) is 0 Å². The van der Waals surface area contributed by atoms with Crippen LogP contribution in [-0.2, 0) is 6.18 Å². The number of hydrogen-bond donors (Lipinski definition) is 3. The maximum atomic E-state index is 12.6. The van der Waals surface area contributed by atoms with Crippen molar-refractivity contribution in [1.82, 2.24) is 10.2 Å². The van der Waals surface area contributed by atoms with Crippen molar-refractivity contribution < 1.29 is 18.0 Å². The van der Waals surface area contributed by atoms with Gasteiger partial charge in [-0.15, -0.1) is 0 Å². The first-order valence-electron chi connectivity index (χ1n) is 5.23. The van der Waals surface area contributed by atoms with Crippen LogP contribution in [0.4, 0.5) is 18.9 Å². The van der Waals surface area contributed by atoms with E-state index in [0.29, 0.717) is 6.07 Å². The average Bonchev–Trinajstić information content (AvgIpc) is 2.77. The minimum absolute atomic E-state index is 0.0891. The average molecular weight is 306 g/mol. The summed E-state index contributed by atoms with van der Waals surface area (Å²) in [7, 11) is 0. The molecule has 0 aliphatic rings. The number of halogens is 4. The van der Waals surface area contributed by atoms with Crippen LogP contribution in [-0.4, -0.2) is 16.1 Å². The second kappa shape index (κ2) is 5.04. The van der Waals surface area contributed by atoms with Crippen molar-refractivity contribution in [3.05, 3.63) is 50.9 Å². The molecule has 0 saturated heterocycles. The van der Waals surface area contributed by atoms with E-state index in [4.69, 9.17) is 11.6 Å². The normalized spacial score (nSPS) is 11.4. The van der Waals surface area contributed by atoms with E-state index < -0.39 is 28.2 Å². The molecule has 5 nitrogen and oxygen atoms in total. The molecule has 2 aromatic rings. The largest absolute Gasteiger partial charge is 0.417 e. The third kappa shape index (κ3) is 3.02. The molecule has 1 amide bonds. The van der Waals surface area contributed by atoms with Crippen LogP contribution < -0.4 is 10.9 Å². The van der Waals surface area contributed by atoms with Crippen LogP contribution in [0.3, 0.4) is 0 Å². The van der Waals surface area contributed by atoms with Crippen molar-refractivity contribution in [1.29, 1.82) is 0 Å². The van der Waals surface area contributed by atoms with Gasteiger partial charge < -0.3 is 5.32 Å². The van der Waals surface area contributed by atoms with E-state index in [1.807, 2.05) is 0 Å². The SMILES string of the molecule is O=C(Nc1ccc(Cl)c(C(F)(F)F)c1)c1cc(=O)[nH][nH]1. The fraction of sp³-hybridized carbons (Fsp3) is 0.0909. The van der Waals surface area contributed by atoms with Gasteiger partial charge in [-0.25, -0.2) is 0 Å². The van der Waals surface area contributed by atoms with Gasteiger partial charge >= 0.3 is 6.18 Å². The molecule has 0 fully saturated rings. The van der Waals surface area contributed by atoms with E-state index in [0.717, 1.165) is 12.1 Å². The summed E-state index contributed by atoms with van der Waals surface area (Å²) in [5, 5.41) is 6.18. The minimum atomic E-state index is -4.62. The Morgan fingerprint density at radius 3 is 2.45 bits per heavy atom. The molecule has 1 aromatic carbocycles. The molecular weight excluding hydrogens is 299 g/mol. The summed E-state index contributed by atoms with van der Waals surface area (Å²) < 4.78 is 37.9. The molecule has 0 bridgehead atoms. The van der Waals surface area contributed by atoms with E-state index in [1.54, 1.807) is 0 Å². The van der Waals surface area contributed by atoms with Gasteiger partial charge in [0, 0.05) is 11.8 Å². The topological polar surface area (TPSA) is 77.8 Å². The zero-order chi connectivity index (χ0) is 14.9. The lowest BCUT2D eigenvalue weighted by Gasteiger charge is -2.11. The van der Waals surface area contributed by atoms with E-state index >= 15 is 0 Å². The lowest BCUT2D eigenvalue weighted by Crippen LogP contribution is -2.14. The number of benzene rings is 1. The summed E-state index contributed by atoms with van der Waals surface area (Å²) in [4.78, 5) is 22.5. The lowest BCUT2D eigenvalue weighted by atomic mass is 10.2. The molecule has 0 aliphatic heterocycles. The molecule has 106 valence electrons. The van der Waals surface area contributed by atoms with Gasteiger partial charge in [-0.1, -0.05) is 11.6 Å². The Hall–Kier alpha value is -2.22. The quantitative estimate of drug-likeness (QED) is 0.797. The number of alkyl halides is 3. The number of nitrogens with one attached hydrogen (secondary N) is 3. The van der Waals surface area contributed by atoms with Crippen LogP contribution in [0.5, 0.6) is 0 Å². The van der Waals surface area contributed by atoms with Crippen LogP contribution in [0.2, 0.25) is 5.02 Å². The van der Waals surface area contributed by atoms with Crippen molar-refractivity contribution in [3.8, 4) is 0 Å². The van der Waals surface area contributed by atoms with Gasteiger partial charge in [0.2, 0.25) is 0 Å². The summed E-state index contributed by atoms with van der Waals surface area (Å²) in [6.07, 6.45) is -4.62. The number of aromatic nitrogens is 2. The third-order valence-electron chi connectivity index (χ3n) is 2.37. The smallest absolute Gasteiger partial charge is 0.321 e. The Labute approximate surface area is 114 Å². The van der Waals surface area contributed by atoms with Crippen molar-refractivity contribution in [2.45, 2.75) is 6.18 Å². The van der Waals surface area contributed by atoms with Crippen LogP contribution in [0.1, 0.15) is 16.1 Å². The van der Waals surface area contributed by atoms with Crippen LogP contribution >= 0.6 is 11.6 Å². The van der Waals surface area contributed by atoms with Gasteiger partial charge in [0.25, 0.3) is 11.5 Å². The van der Waals surface area contributed by atoms with Crippen molar-refractivity contribution in [3.63, 3.8) is 0 Å². The van der Waals surface area contributed by atoms with E-state index in [9.17, 15) is 22.8 Å². The number of H-pyrrole nitrogens is 2. The van der Waals surface area contributed by atoms with Gasteiger partial charge in [-0.05, 0) is 18.2 Å². The van der Waals surface area contributed by atoms with Crippen LogP contribution in [0, 0.1) is 0 Å². The third-order valence-corrected chi connectivity index (χ3v) is 2.70. The van der Waals surface area contributed by atoms with Gasteiger partial charge in [-0.3, -0.25) is 19.8 Å². The summed E-state index contributed by atoms with van der Waals surface area (Å²) in [5.41, 5.74) is -1.77. The zero-order valence-electron chi connectivity index (χ0n) is 9.64. The number of carbonyl (C=O) groups excluding carboxylic acids is 1. The highest BCUT2D eigenvalue weighted by Gasteiger charge is 2.33. The first-order valence-corrected chi connectivity index (χ1v) is 5.61. The highest BCUT2D eigenvalue weighted by Crippen LogP contribution is 2.36. The van der Waals surface area contributed by atoms with Crippen molar-refractivity contribution in [2.75, 3.05) is 5.32 Å². The fourth-order valence-electron chi connectivity index (χ4n) is 1.47. The first-order chi connectivity index (χ1) is 9.27. The van der Waals surface area contributed by atoms with E-state index in [2.05, 4.69) is 15.5 Å². The predicted octanol–water partition coefficient (Wildman–Crippen LogP) is 2.63. The second-order valence-corrected chi connectivity index (χ2v) is 4.23. The number of amides is 1. The second-order valence-electron chi connectivity index (χ2n) is 3.82. The molecule has 0 spiro atoms. The Bertz CT molecular complexity index is 705. The number of hydrogen-bond acceptors (Lipinski definition) is 2. The van der Waals surface area contributed by atoms with Crippen LogP contribution in [0.15, 0.2) is 29.1 Å². The fourth-order valence-corrected chi connectivity index (χ4v) is 1.70. The molecule has 1 heterocycles. The maximum absolute atomic E-state index is 12.6. The minimum Gasteiger partial charge on any atom is -0.321 e. The van der Waals surface area contributed by atoms with E-state index in [-0.39, 0.29) is 11.4 Å². The molecule has 0 aliphatic carbocycles. The Balaban J connectivity index is 2.26. The molecule has 0 atom stereocenters. The van der Waals surface area contributed by atoms with Crippen molar-refractivity contribution >= 4 is 23.2 Å². The molecule has 2 rings (SSSR count). The molecule has 0 saturated carbocycles. The number of aromatic amines is 2. The number of rotatable bonds is 2. The number of carbonyl (C=O) groups is 1. The molecule has 1 aromatic heterocycles. The Kier molecular flexibility index (Phi) is 3.58. The highest BCUT2D eigenvalue weighted by molar-refractivity contribution is 6.31. The predicted molar refractivity (Wildman–Crippen MR) is 65.8 cm³/mol. The van der Waals surface area contributed by atoms with Gasteiger partial charge in [0.05, 0.1) is 10.6 Å². The summed E-state index contributed by atoms with van der Waals surface area (Å²) in [6, 6.07) is 3.95. The molecule has 3 N–H and O–H groups in total. The van der Waals surface area contributed by atoms with E-state index in [1.165, 1.54) is 6.07 Å². The molecular formula is C11H7ClF3N3O2. The monoisotopic (exact) mass is 305 g/mol. The van der Waals surface area contributed by atoms with Gasteiger partial charge in [-0.2, -0.15) is 13.2 Å². The Morgan fingerprint density at radius 2 is 1.90 bits per heavy atom. The van der Waals surface area contributed by atoms with Gasteiger partial charge in [0.15, 0.2) is 0 Å². The highest BCUT2D eigenvalue weighted by atomic mass is 35.5. The molecule has 0 radical (unpaired) electrons. The summed E-state index contributed by atoms with van der Waals surface area (Å²) in [5.74, 6) is -0.751. The standard InChI is InChI=1S/C11H7ClF3N3O2/c12-7-2-1-5(3-6(7)11(13,14)15)16-10(20)8-4-9(19)18-17-8/h1-4H,(H,16,20)(H2,17,18,19). The summed E-state index contributed by atoms with van der Waals surface area (Å²) >= 11 is 5.45.